The van der Waals surface area contributed by atoms with Crippen molar-refractivity contribution >= 4 is 29.3 Å². The number of carbonyl (C=O) groups excluding carboxylic acids is 1. The Morgan fingerprint density at radius 2 is 2.28 bits per heavy atom. The number of carbonyl (C=O) groups is 1. The lowest BCUT2D eigenvalue weighted by atomic mass is 10.0. The molecule has 1 aliphatic heterocycles. The van der Waals surface area contributed by atoms with Gasteiger partial charge in [-0.3, -0.25) is 4.79 Å². The van der Waals surface area contributed by atoms with Crippen LogP contribution in [0.3, 0.4) is 0 Å². The number of amides is 1. The standard InChI is InChI=1S/C14H18ClNOS/c1-3-14(2,9-15)16-13(17)12-8-10-6-4-5-7-11(10)18-12/h4-7,12H,3,8-9H2,1-2H3,(H,16,17). The summed E-state index contributed by atoms with van der Waals surface area (Å²) in [5.74, 6) is 0.542. The van der Waals surface area contributed by atoms with E-state index in [2.05, 4.69) is 17.4 Å². The molecule has 4 heteroatoms. The molecule has 0 radical (unpaired) electrons. The van der Waals surface area contributed by atoms with E-state index in [0.29, 0.717) is 5.88 Å². The van der Waals surface area contributed by atoms with Crippen molar-refractivity contribution in [2.45, 2.75) is 42.4 Å². The number of thioether (sulfide) groups is 1. The summed E-state index contributed by atoms with van der Waals surface area (Å²) in [4.78, 5) is 13.5. The maximum Gasteiger partial charge on any atom is 0.234 e. The van der Waals surface area contributed by atoms with Gasteiger partial charge in [-0.15, -0.1) is 23.4 Å². The number of nitrogens with one attached hydrogen (secondary N) is 1. The highest BCUT2D eigenvalue weighted by Crippen LogP contribution is 2.37. The van der Waals surface area contributed by atoms with Gasteiger partial charge in [0.1, 0.15) is 0 Å². The largest absolute Gasteiger partial charge is 0.349 e. The first-order valence-electron chi connectivity index (χ1n) is 6.20. The zero-order valence-electron chi connectivity index (χ0n) is 10.7. The molecule has 0 saturated heterocycles. The second kappa shape index (κ2) is 5.54. The summed E-state index contributed by atoms with van der Waals surface area (Å²) in [6.45, 7) is 4.03. The van der Waals surface area contributed by atoms with Crippen LogP contribution in [0.4, 0.5) is 0 Å². The van der Waals surface area contributed by atoms with Gasteiger partial charge in [0.05, 0.1) is 10.8 Å². The lowest BCUT2D eigenvalue weighted by molar-refractivity contribution is -0.122. The molecule has 1 amide bonds. The lowest BCUT2D eigenvalue weighted by Gasteiger charge is -2.28. The maximum atomic E-state index is 12.3. The van der Waals surface area contributed by atoms with E-state index in [9.17, 15) is 4.79 Å². The second-order valence-electron chi connectivity index (χ2n) is 4.96. The van der Waals surface area contributed by atoms with E-state index < -0.39 is 0 Å². The highest BCUT2D eigenvalue weighted by molar-refractivity contribution is 8.01. The minimum absolute atomic E-state index is 0.0171. The van der Waals surface area contributed by atoms with E-state index in [1.54, 1.807) is 11.8 Å². The molecule has 98 valence electrons. The number of benzene rings is 1. The SMILES string of the molecule is CCC(C)(CCl)NC(=O)C1Cc2ccccc2S1. The van der Waals surface area contributed by atoms with Crippen LogP contribution >= 0.6 is 23.4 Å². The van der Waals surface area contributed by atoms with Gasteiger partial charge in [-0.1, -0.05) is 25.1 Å². The predicted octanol–water partition coefficient (Wildman–Crippen LogP) is 3.23. The Hall–Kier alpha value is -0.670. The van der Waals surface area contributed by atoms with Gasteiger partial charge in [-0.2, -0.15) is 0 Å². The summed E-state index contributed by atoms with van der Waals surface area (Å²) >= 11 is 7.58. The number of hydrogen-bond acceptors (Lipinski definition) is 2. The fraction of sp³-hybridized carbons (Fsp3) is 0.500. The third kappa shape index (κ3) is 2.83. The monoisotopic (exact) mass is 283 g/mol. The molecule has 2 nitrogen and oxygen atoms in total. The van der Waals surface area contributed by atoms with Crippen molar-refractivity contribution in [1.29, 1.82) is 0 Å². The molecule has 1 aliphatic rings. The zero-order valence-corrected chi connectivity index (χ0v) is 12.3. The Labute approximate surface area is 117 Å². The van der Waals surface area contributed by atoms with Crippen molar-refractivity contribution in [2.24, 2.45) is 0 Å². The van der Waals surface area contributed by atoms with Gasteiger partial charge in [0.15, 0.2) is 0 Å². The number of fused-ring (bicyclic) bond motifs is 1. The molecule has 0 spiro atoms. The molecule has 0 aromatic heterocycles. The molecule has 18 heavy (non-hydrogen) atoms. The van der Waals surface area contributed by atoms with Crippen LogP contribution in [-0.2, 0) is 11.2 Å². The minimum Gasteiger partial charge on any atom is -0.349 e. The number of halogens is 1. The summed E-state index contributed by atoms with van der Waals surface area (Å²) in [5.41, 5.74) is 0.972. The Kier molecular flexibility index (Phi) is 4.23. The van der Waals surface area contributed by atoms with E-state index >= 15 is 0 Å². The van der Waals surface area contributed by atoms with Crippen LogP contribution in [0.1, 0.15) is 25.8 Å². The fourth-order valence-corrected chi connectivity index (χ4v) is 3.37. The molecule has 0 bridgehead atoms. The maximum absolute atomic E-state index is 12.3. The van der Waals surface area contributed by atoms with Crippen molar-refractivity contribution < 1.29 is 4.79 Å². The summed E-state index contributed by atoms with van der Waals surface area (Å²) in [6, 6.07) is 8.21. The zero-order chi connectivity index (χ0) is 13.2. The molecule has 0 saturated carbocycles. The first-order valence-corrected chi connectivity index (χ1v) is 7.62. The normalized spacial score (nSPS) is 21.2. The first kappa shape index (κ1) is 13.8. The number of rotatable bonds is 4. The molecule has 1 aromatic carbocycles. The van der Waals surface area contributed by atoms with Gasteiger partial charge < -0.3 is 5.32 Å². The van der Waals surface area contributed by atoms with E-state index in [4.69, 9.17) is 11.6 Å². The molecular formula is C14H18ClNOS. The molecule has 2 atom stereocenters. The quantitative estimate of drug-likeness (QED) is 0.860. The van der Waals surface area contributed by atoms with Crippen molar-refractivity contribution in [3.8, 4) is 0 Å². The summed E-state index contributed by atoms with van der Waals surface area (Å²) in [6.07, 6.45) is 1.65. The van der Waals surface area contributed by atoms with Crippen LogP contribution in [0, 0.1) is 0 Å². The van der Waals surface area contributed by atoms with E-state index in [0.717, 1.165) is 12.8 Å². The van der Waals surface area contributed by atoms with Gasteiger partial charge in [-0.05, 0) is 31.4 Å². The third-order valence-electron chi connectivity index (χ3n) is 3.44. The summed E-state index contributed by atoms with van der Waals surface area (Å²) < 4.78 is 0. The molecule has 2 unspecified atom stereocenters. The molecule has 0 aliphatic carbocycles. The second-order valence-corrected chi connectivity index (χ2v) is 6.47. The minimum atomic E-state index is -0.298. The van der Waals surface area contributed by atoms with Crippen LogP contribution in [0.25, 0.3) is 0 Å². The van der Waals surface area contributed by atoms with E-state index in [-0.39, 0.29) is 16.7 Å². The van der Waals surface area contributed by atoms with Crippen molar-refractivity contribution in [2.75, 3.05) is 5.88 Å². The fourth-order valence-electron chi connectivity index (χ4n) is 1.92. The smallest absolute Gasteiger partial charge is 0.234 e. The van der Waals surface area contributed by atoms with Crippen molar-refractivity contribution in [3.63, 3.8) is 0 Å². The predicted molar refractivity (Wildman–Crippen MR) is 77.3 cm³/mol. The van der Waals surface area contributed by atoms with Gasteiger partial charge in [0, 0.05) is 10.8 Å². The molecule has 1 heterocycles. The van der Waals surface area contributed by atoms with E-state index in [1.165, 1.54) is 10.5 Å². The molecule has 1 aromatic rings. The summed E-state index contributed by atoms with van der Waals surface area (Å²) in [5, 5.41) is 3.06. The number of alkyl halides is 1. The van der Waals surface area contributed by atoms with Gasteiger partial charge in [0.25, 0.3) is 0 Å². The average Bonchev–Trinajstić information content (AvgIpc) is 2.82. The Morgan fingerprint density at radius 1 is 1.56 bits per heavy atom. The van der Waals surface area contributed by atoms with Gasteiger partial charge in [0.2, 0.25) is 5.91 Å². The van der Waals surface area contributed by atoms with Crippen LogP contribution in [0.2, 0.25) is 0 Å². The highest BCUT2D eigenvalue weighted by Gasteiger charge is 2.32. The Balaban J connectivity index is 2.01. The first-order chi connectivity index (χ1) is 8.58. The highest BCUT2D eigenvalue weighted by atomic mass is 35.5. The van der Waals surface area contributed by atoms with E-state index in [1.807, 2.05) is 26.0 Å². The van der Waals surface area contributed by atoms with Gasteiger partial charge >= 0.3 is 0 Å². The lowest BCUT2D eigenvalue weighted by Crippen LogP contribution is -2.50. The topological polar surface area (TPSA) is 29.1 Å². The molecule has 0 fully saturated rings. The Bertz CT molecular complexity index is 420. The van der Waals surface area contributed by atoms with Crippen LogP contribution in [0.5, 0.6) is 0 Å². The van der Waals surface area contributed by atoms with Crippen LogP contribution < -0.4 is 5.32 Å². The molecular weight excluding hydrogens is 266 g/mol. The summed E-state index contributed by atoms with van der Waals surface area (Å²) in [7, 11) is 0. The van der Waals surface area contributed by atoms with Gasteiger partial charge in [-0.25, -0.2) is 0 Å². The number of hydrogen-bond donors (Lipinski definition) is 1. The van der Waals surface area contributed by atoms with Crippen molar-refractivity contribution in [3.05, 3.63) is 29.8 Å². The Morgan fingerprint density at radius 3 is 2.89 bits per heavy atom. The molecule has 1 N–H and O–H groups in total. The third-order valence-corrected chi connectivity index (χ3v) is 5.35. The average molecular weight is 284 g/mol. The van der Waals surface area contributed by atoms with Crippen LogP contribution in [0.15, 0.2) is 29.2 Å². The van der Waals surface area contributed by atoms with Crippen molar-refractivity contribution in [1.82, 2.24) is 5.32 Å². The molecule has 2 rings (SSSR count). The van der Waals surface area contributed by atoms with Crippen LogP contribution in [-0.4, -0.2) is 22.6 Å².